The van der Waals surface area contributed by atoms with E-state index in [0.29, 0.717) is 17.9 Å². The first-order chi connectivity index (χ1) is 8.42. The predicted molar refractivity (Wildman–Crippen MR) is 69.0 cm³/mol. The van der Waals surface area contributed by atoms with Gasteiger partial charge < -0.3 is 10.1 Å². The largest absolute Gasteiger partial charge is 0.492 e. The molecule has 0 aliphatic carbocycles. The number of benzene rings is 1. The minimum atomic E-state index is -3.05. The molecule has 0 spiro atoms. The summed E-state index contributed by atoms with van der Waals surface area (Å²) in [5, 5.41) is 3.07. The van der Waals surface area contributed by atoms with E-state index in [1.54, 1.807) is 0 Å². The average molecular weight is 275 g/mol. The molecule has 0 bridgehead atoms. The number of rotatable bonds is 7. The first kappa shape index (κ1) is 14.9. The van der Waals surface area contributed by atoms with Gasteiger partial charge in [0.05, 0.1) is 5.75 Å². The summed E-state index contributed by atoms with van der Waals surface area (Å²) in [5.41, 5.74) is 0.686. The molecular weight excluding hydrogens is 257 g/mol. The zero-order valence-electron chi connectivity index (χ0n) is 10.6. The Morgan fingerprint density at radius 2 is 2.11 bits per heavy atom. The van der Waals surface area contributed by atoms with Crippen molar-refractivity contribution in [1.29, 1.82) is 0 Å². The summed E-state index contributed by atoms with van der Waals surface area (Å²) >= 11 is 0. The van der Waals surface area contributed by atoms with Gasteiger partial charge in [-0.2, -0.15) is 0 Å². The molecule has 0 amide bonds. The Kier molecular flexibility index (Phi) is 5.55. The molecule has 4 nitrogen and oxygen atoms in total. The van der Waals surface area contributed by atoms with Gasteiger partial charge in [-0.25, -0.2) is 12.8 Å². The molecule has 6 heteroatoms. The molecule has 0 saturated carbocycles. The van der Waals surface area contributed by atoms with Crippen molar-refractivity contribution in [1.82, 2.24) is 5.32 Å². The highest BCUT2D eigenvalue weighted by atomic mass is 32.2. The molecule has 0 radical (unpaired) electrons. The van der Waals surface area contributed by atoms with Crippen LogP contribution in [0.3, 0.4) is 0 Å². The van der Waals surface area contributed by atoms with Gasteiger partial charge in [-0.1, -0.05) is 6.92 Å². The highest BCUT2D eigenvalue weighted by Gasteiger charge is 2.07. The summed E-state index contributed by atoms with van der Waals surface area (Å²) in [6.45, 7) is 3.27. The molecule has 0 heterocycles. The molecule has 0 aliphatic heterocycles. The molecule has 0 aliphatic rings. The maximum absolute atomic E-state index is 13.1. The first-order valence-electron chi connectivity index (χ1n) is 5.72. The molecule has 18 heavy (non-hydrogen) atoms. The van der Waals surface area contributed by atoms with Gasteiger partial charge in [0.25, 0.3) is 0 Å². The van der Waals surface area contributed by atoms with E-state index in [4.69, 9.17) is 4.74 Å². The summed E-state index contributed by atoms with van der Waals surface area (Å²) < 4.78 is 40.4. The molecule has 1 rings (SSSR count). The molecule has 0 atom stereocenters. The second kappa shape index (κ2) is 6.70. The smallest absolute Gasteiger partial charge is 0.150 e. The number of halogens is 1. The van der Waals surface area contributed by atoms with Crippen LogP contribution < -0.4 is 10.1 Å². The van der Waals surface area contributed by atoms with Crippen molar-refractivity contribution in [2.75, 3.05) is 25.2 Å². The summed E-state index contributed by atoms with van der Waals surface area (Å²) in [5.74, 6) is 0.129. The van der Waals surface area contributed by atoms with E-state index in [1.807, 2.05) is 6.92 Å². The van der Waals surface area contributed by atoms with Gasteiger partial charge in [-0.05, 0) is 24.7 Å². The van der Waals surface area contributed by atoms with Gasteiger partial charge in [0.2, 0.25) is 0 Å². The molecule has 1 N–H and O–H groups in total. The van der Waals surface area contributed by atoms with Crippen molar-refractivity contribution < 1.29 is 17.5 Å². The van der Waals surface area contributed by atoms with Crippen LogP contribution >= 0.6 is 0 Å². The van der Waals surface area contributed by atoms with E-state index in [-0.39, 0.29) is 18.2 Å². The van der Waals surface area contributed by atoms with Gasteiger partial charge >= 0.3 is 0 Å². The number of nitrogens with one attached hydrogen (secondary N) is 1. The lowest BCUT2D eigenvalue weighted by Gasteiger charge is -2.11. The fourth-order valence-corrected chi connectivity index (χ4v) is 1.78. The van der Waals surface area contributed by atoms with E-state index >= 15 is 0 Å². The summed E-state index contributed by atoms with van der Waals surface area (Å²) in [7, 11) is -3.05. The van der Waals surface area contributed by atoms with E-state index in [9.17, 15) is 12.8 Å². The average Bonchev–Trinajstić information content (AvgIpc) is 2.27. The molecule has 102 valence electrons. The highest BCUT2D eigenvalue weighted by Crippen LogP contribution is 2.19. The topological polar surface area (TPSA) is 55.4 Å². The SMILES string of the molecule is CCNCc1cc(F)ccc1OCCS(C)(=O)=O. The third-order valence-electron chi connectivity index (χ3n) is 2.30. The fraction of sp³-hybridized carbons (Fsp3) is 0.500. The van der Waals surface area contributed by atoms with Gasteiger partial charge in [-0.15, -0.1) is 0 Å². The summed E-state index contributed by atoms with van der Waals surface area (Å²) in [6, 6.07) is 4.20. The minimum Gasteiger partial charge on any atom is -0.492 e. The molecule has 0 saturated heterocycles. The summed E-state index contributed by atoms with van der Waals surface area (Å²) in [6.07, 6.45) is 1.15. The van der Waals surface area contributed by atoms with Crippen LogP contribution in [0.15, 0.2) is 18.2 Å². The monoisotopic (exact) mass is 275 g/mol. The van der Waals surface area contributed by atoms with Crippen LogP contribution in [-0.4, -0.2) is 33.6 Å². The Morgan fingerprint density at radius 3 is 2.72 bits per heavy atom. The molecule has 1 aromatic carbocycles. The van der Waals surface area contributed by atoms with Gasteiger partial charge in [0.1, 0.15) is 18.2 Å². The Labute approximate surface area is 107 Å². The highest BCUT2D eigenvalue weighted by molar-refractivity contribution is 7.90. The standard InChI is InChI=1S/C12H18FNO3S/c1-3-14-9-10-8-11(13)4-5-12(10)17-6-7-18(2,15)16/h4-5,8,14H,3,6-7,9H2,1-2H3. The van der Waals surface area contributed by atoms with Crippen LogP contribution in [0.5, 0.6) is 5.75 Å². The van der Waals surface area contributed by atoms with Crippen molar-refractivity contribution >= 4 is 9.84 Å². The second-order valence-corrected chi connectivity index (χ2v) is 6.27. The van der Waals surface area contributed by atoms with Crippen LogP contribution in [-0.2, 0) is 16.4 Å². The lowest BCUT2D eigenvalue weighted by molar-refractivity contribution is 0.335. The number of hydrogen-bond acceptors (Lipinski definition) is 4. The lowest BCUT2D eigenvalue weighted by atomic mass is 10.2. The van der Waals surface area contributed by atoms with Crippen molar-refractivity contribution in [3.05, 3.63) is 29.6 Å². The van der Waals surface area contributed by atoms with Crippen LogP contribution in [0.2, 0.25) is 0 Å². The number of hydrogen-bond donors (Lipinski definition) is 1. The first-order valence-corrected chi connectivity index (χ1v) is 7.78. The van der Waals surface area contributed by atoms with Crippen molar-refractivity contribution in [3.8, 4) is 5.75 Å². The van der Waals surface area contributed by atoms with Crippen molar-refractivity contribution in [2.24, 2.45) is 0 Å². The molecule has 0 unspecified atom stereocenters. The number of sulfone groups is 1. The third kappa shape index (κ3) is 5.46. The Morgan fingerprint density at radius 1 is 1.39 bits per heavy atom. The van der Waals surface area contributed by atoms with Crippen LogP contribution in [0.1, 0.15) is 12.5 Å². The van der Waals surface area contributed by atoms with E-state index < -0.39 is 9.84 Å². The molecule has 1 aromatic rings. The number of ether oxygens (including phenoxy) is 1. The second-order valence-electron chi connectivity index (χ2n) is 4.01. The zero-order valence-corrected chi connectivity index (χ0v) is 11.4. The normalized spacial score (nSPS) is 11.5. The fourth-order valence-electron chi connectivity index (χ4n) is 1.39. The maximum atomic E-state index is 13.1. The van der Waals surface area contributed by atoms with Crippen molar-refractivity contribution in [2.45, 2.75) is 13.5 Å². The lowest BCUT2D eigenvalue weighted by Crippen LogP contribution is -2.15. The Balaban J connectivity index is 2.68. The minimum absolute atomic E-state index is 0.0506. The maximum Gasteiger partial charge on any atom is 0.150 e. The Hall–Kier alpha value is -1.14. The molecule has 0 aromatic heterocycles. The van der Waals surface area contributed by atoms with E-state index in [1.165, 1.54) is 18.2 Å². The van der Waals surface area contributed by atoms with Gasteiger partial charge in [-0.3, -0.25) is 0 Å². The third-order valence-corrected chi connectivity index (χ3v) is 3.21. The van der Waals surface area contributed by atoms with Gasteiger partial charge in [0.15, 0.2) is 9.84 Å². The van der Waals surface area contributed by atoms with Crippen LogP contribution in [0, 0.1) is 5.82 Å². The van der Waals surface area contributed by atoms with Crippen LogP contribution in [0.4, 0.5) is 4.39 Å². The summed E-state index contributed by atoms with van der Waals surface area (Å²) in [4.78, 5) is 0. The zero-order chi connectivity index (χ0) is 13.6. The molecular formula is C12H18FNO3S. The van der Waals surface area contributed by atoms with E-state index in [0.717, 1.165) is 12.8 Å². The van der Waals surface area contributed by atoms with E-state index in [2.05, 4.69) is 5.32 Å². The Bertz CT molecular complexity index is 488. The van der Waals surface area contributed by atoms with Crippen LogP contribution in [0.25, 0.3) is 0 Å². The van der Waals surface area contributed by atoms with Crippen molar-refractivity contribution in [3.63, 3.8) is 0 Å². The predicted octanol–water partition coefficient (Wildman–Crippen LogP) is 1.36. The quantitative estimate of drug-likeness (QED) is 0.816. The van der Waals surface area contributed by atoms with Gasteiger partial charge in [0, 0.05) is 18.4 Å². The molecule has 0 fully saturated rings.